The number of benzene rings is 1. The van der Waals surface area contributed by atoms with Gasteiger partial charge >= 0.3 is 5.97 Å². The van der Waals surface area contributed by atoms with Gasteiger partial charge < -0.3 is 21.1 Å². The molecule has 0 spiro atoms. The number of likely N-dealkylation sites (N-methyl/N-ethyl adjacent to an activating group) is 1. The van der Waals surface area contributed by atoms with Gasteiger partial charge in [-0.2, -0.15) is 0 Å². The van der Waals surface area contributed by atoms with E-state index in [0.717, 1.165) is 12.1 Å². The van der Waals surface area contributed by atoms with E-state index in [4.69, 9.17) is 10.8 Å². The Bertz CT molecular complexity index is 516. The van der Waals surface area contributed by atoms with Crippen molar-refractivity contribution in [2.45, 2.75) is 13.8 Å². The largest absolute Gasteiger partial charge is 0.478 e. The number of nitrogens with zero attached hydrogens (tertiary/aromatic N) is 1. The van der Waals surface area contributed by atoms with Gasteiger partial charge in [0.05, 0.1) is 23.5 Å². The van der Waals surface area contributed by atoms with Crippen molar-refractivity contribution in [3.8, 4) is 0 Å². The summed E-state index contributed by atoms with van der Waals surface area (Å²) in [5.41, 5.74) is 5.42. The molecule has 0 saturated heterocycles. The van der Waals surface area contributed by atoms with E-state index in [1.54, 1.807) is 4.90 Å². The standard InChI is InChI=1S/C13H18FN3O3/c1-3-17(4-2)12(18)7-16-11-6-9(14)8(13(19)20)5-10(11)15/h5-6,16H,3-4,7,15H2,1-2H3,(H,19,20). The molecule has 0 unspecified atom stereocenters. The van der Waals surface area contributed by atoms with Gasteiger partial charge in [-0.3, -0.25) is 4.79 Å². The first-order valence-corrected chi connectivity index (χ1v) is 6.24. The SMILES string of the molecule is CCN(CC)C(=O)CNc1cc(F)c(C(=O)O)cc1N. The van der Waals surface area contributed by atoms with Crippen molar-refractivity contribution >= 4 is 23.3 Å². The van der Waals surface area contributed by atoms with Crippen LogP contribution in [0.25, 0.3) is 0 Å². The van der Waals surface area contributed by atoms with Crippen molar-refractivity contribution < 1.29 is 19.1 Å². The van der Waals surface area contributed by atoms with E-state index in [9.17, 15) is 14.0 Å². The Morgan fingerprint density at radius 3 is 2.45 bits per heavy atom. The second-order valence-electron chi connectivity index (χ2n) is 4.14. The molecule has 1 amide bonds. The molecule has 0 bridgehead atoms. The fraction of sp³-hybridized carbons (Fsp3) is 0.385. The minimum Gasteiger partial charge on any atom is -0.478 e. The monoisotopic (exact) mass is 283 g/mol. The second-order valence-corrected chi connectivity index (χ2v) is 4.14. The molecule has 0 fully saturated rings. The van der Waals surface area contributed by atoms with Crippen LogP contribution in [-0.4, -0.2) is 41.5 Å². The van der Waals surface area contributed by atoms with Gasteiger partial charge in [-0.25, -0.2) is 9.18 Å². The number of hydrogen-bond acceptors (Lipinski definition) is 4. The number of nitrogens with one attached hydrogen (secondary N) is 1. The summed E-state index contributed by atoms with van der Waals surface area (Å²) in [5.74, 6) is -2.43. The summed E-state index contributed by atoms with van der Waals surface area (Å²) in [6.07, 6.45) is 0. The van der Waals surface area contributed by atoms with E-state index in [1.165, 1.54) is 0 Å². The Balaban J connectivity index is 2.82. The van der Waals surface area contributed by atoms with Crippen molar-refractivity contribution in [1.29, 1.82) is 0 Å². The van der Waals surface area contributed by atoms with Crippen LogP contribution >= 0.6 is 0 Å². The zero-order valence-electron chi connectivity index (χ0n) is 11.4. The molecule has 0 heterocycles. The topological polar surface area (TPSA) is 95.7 Å². The molecular formula is C13H18FN3O3. The van der Waals surface area contributed by atoms with Gasteiger partial charge in [0.2, 0.25) is 5.91 Å². The number of amides is 1. The first-order chi connectivity index (χ1) is 9.40. The van der Waals surface area contributed by atoms with Crippen molar-refractivity contribution in [1.82, 2.24) is 4.90 Å². The second kappa shape index (κ2) is 6.74. The fourth-order valence-electron chi connectivity index (χ4n) is 1.77. The summed E-state index contributed by atoms with van der Waals surface area (Å²) in [6.45, 7) is 4.85. The summed E-state index contributed by atoms with van der Waals surface area (Å²) in [7, 11) is 0. The number of rotatable bonds is 6. The van der Waals surface area contributed by atoms with Gasteiger partial charge in [0, 0.05) is 13.1 Å². The molecule has 1 aromatic rings. The number of carboxylic acids is 1. The Hall–Kier alpha value is -2.31. The van der Waals surface area contributed by atoms with Crippen molar-refractivity contribution in [2.24, 2.45) is 0 Å². The highest BCUT2D eigenvalue weighted by molar-refractivity contribution is 5.91. The van der Waals surface area contributed by atoms with Crippen molar-refractivity contribution in [2.75, 3.05) is 30.7 Å². The molecule has 7 heteroatoms. The van der Waals surface area contributed by atoms with E-state index >= 15 is 0 Å². The lowest BCUT2D eigenvalue weighted by Crippen LogP contribution is -2.35. The number of carbonyl (C=O) groups excluding carboxylic acids is 1. The first kappa shape index (κ1) is 15.7. The Morgan fingerprint density at radius 1 is 1.35 bits per heavy atom. The molecule has 110 valence electrons. The zero-order chi connectivity index (χ0) is 15.3. The van der Waals surface area contributed by atoms with Crippen LogP contribution < -0.4 is 11.1 Å². The van der Waals surface area contributed by atoms with Crippen LogP contribution in [0.4, 0.5) is 15.8 Å². The quantitative estimate of drug-likeness (QED) is 0.686. The summed E-state index contributed by atoms with van der Waals surface area (Å²) in [5, 5.41) is 11.5. The van der Waals surface area contributed by atoms with E-state index in [2.05, 4.69) is 5.32 Å². The third-order valence-corrected chi connectivity index (χ3v) is 2.92. The molecule has 1 rings (SSSR count). The van der Waals surface area contributed by atoms with Gasteiger partial charge in [-0.05, 0) is 26.0 Å². The van der Waals surface area contributed by atoms with Gasteiger partial charge in [-0.1, -0.05) is 0 Å². The molecule has 0 atom stereocenters. The molecule has 0 radical (unpaired) electrons. The average Bonchev–Trinajstić information content (AvgIpc) is 2.40. The maximum absolute atomic E-state index is 13.5. The molecule has 0 aliphatic heterocycles. The van der Waals surface area contributed by atoms with Gasteiger partial charge in [0.15, 0.2) is 0 Å². The highest BCUT2D eigenvalue weighted by Crippen LogP contribution is 2.23. The summed E-state index contributed by atoms with van der Waals surface area (Å²) < 4.78 is 13.5. The summed E-state index contributed by atoms with van der Waals surface area (Å²) in [4.78, 5) is 24.1. The smallest absolute Gasteiger partial charge is 0.338 e. The zero-order valence-corrected chi connectivity index (χ0v) is 11.4. The Kier molecular flexibility index (Phi) is 5.31. The molecular weight excluding hydrogens is 265 g/mol. The highest BCUT2D eigenvalue weighted by atomic mass is 19.1. The van der Waals surface area contributed by atoms with Crippen molar-refractivity contribution in [3.63, 3.8) is 0 Å². The lowest BCUT2D eigenvalue weighted by molar-refractivity contribution is -0.128. The number of carboxylic acid groups (broad SMARTS) is 1. The third-order valence-electron chi connectivity index (χ3n) is 2.92. The predicted octanol–water partition coefficient (Wildman–Crippen LogP) is 1.39. The highest BCUT2D eigenvalue weighted by Gasteiger charge is 2.15. The summed E-state index contributed by atoms with van der Waals surface area (Å²) in [6, 6.07) is 2.01. The maximum Gasteiger partial charge on any atom is 0.338 e. The van der Waals surface area contributed by atoms with Crippen LogP contribution in [0.5, 0.6) is 0 Å². The Labute approximate surface area is 116 Å². The van der Waals surface area contributed by atoms with E-state index in [0.29, 0.717) is 13.1 Å². The summed E-state index contributed by atoms with van der Waals surface area (Å²) >= 11 is 0. The lowest BCUT2D eigenvalue weighted by atomic mass is 10.1. The van der Waals surface area contributed by atoms with Crippen molar-refractivity contribution in [3.05, 3.63) is 23.5 Å². The van der Waals surface area contributed by atoms with Crippen LogP contribution in [0.15, 0.2) is 12.1 Å². The van der Waals surface area contributed by atoms with E-state index in [1.807, 2.05) is 13.8 Å². The number of anilines is 2. The molecule has 20 heavy (non-hydrogen) atoms. The van der Waals surface area contributed by atoms with Crippen LogP contribution in [0.3, 0.4) is 0 Å². The van der Waals surface area contributed by atoms with Crippen LogP contribution in [0, 0.1) is 5.82 Å². The minimum atomic E-state index is -1.39. The fourth-order valence-corrected chi connectivity index (χ4v) is 1.77. The number of halogens is 1. The lowest BCUT2D eigenvalue weighted by Gasteiger charge is -2.19. The van der Waals surface area contributed by atoms with E-state index < -0.39 is 17.3 Å². The van der Waals surface area contributed by atoms with Crippen LogP contribution in [0.1, 0.15) is 24.2 Å². The normalized spacial score (nSPS) is 10.2. The average molecular weight is 283 g/mol. The third kappa shape index (κ3) is 3.59. The maximum atomic E-state index is 13.5. The van der Waals surface area contributed by atoms with Gasteiger partial charge in [-0.15, -0.1) is 0 Å². The van der Waals surface area contributed by atoms with Gasteiger partial charge in [0.1, 0.15) is 5.82 Å². The minimum absolute atomic E-state index is 0.0300. The molecule has 0 aliphatic carbocycles. The van der Waals surface area contributed by atoms with Crippen LogP contribution in [0.2, 0.25) is 0 Å². The molecule has 0 aliphatic rings. The predicted molar refractivity (Wildman–Crippen MR) is 74.2 cm³/mol. The number of hydrogen-bond donors (Lipinski definition) is 3. The first-order valence-electron chi connectivity index (χ1n) is 6.24. The number of nitrogen functional groups attached to an aromatic ring is 1. The van der Waals surface area contributed by atoms with Gasteiger partial charge in [0.25, 0.3) is 0 Å². The van der Waals surface area contributed by atoms with Crippen LogP contribution in [-0.2, 0) is 4.79 Å². The molecule has 4 N–H and O–H groups in total. The molecule has 6 nitrogen and oxygen atoms in total. The number of aromatic carboxylic acids is 1. The number of carbonyl (C=O) groups is 2. The number of nitrogens with two attached hydrogens (primary N) is 1. The Morgan fingerprint density at radius 2 is 1.95 bits per heavy atom. The van der Waals surface area contributed by atoms with E-state index in [-0.39, 0.29) is 23.8 Å². The molecule has 0 saturated carbocycles. The molecule has 1 aromatic carbocycles. The molecule has 0 aromatic heterocycles.